The summed E-state index contributed by atoms with van der Waals surface area (Å²) in [4.78, 5) is 22.9. The number of nitrogens with two attached hydrogens (primary N) is 1. The second kappa shape index (κ2) is 4.04. The van der Waals surface area contributed by atoms with Gasteiger partial charge in [0.05, 0.1) is 11.1 Å². The van der Waals surface area contributed by atoms with Crippen LogP contribution in [0.15, 0.2) is 6.20 Å². The molecule has 0 aliphatic heterocycles. The molecule has 3 N–H and O–H groups in total. The molecule has 0 saturated carbocycles. The second-order valence-electron chi connectivity index (χ2n) is 2.68. The predicted octanol–water partition coefficient (Wildman–Crippen LogP) is 0.732. The molecule has 1 rings (SSSR count). The monoisotopic (exact) mass is 233 g/mol. The number of aromatic nitrogens is 1. The van der Waals surface area contributed by atoms with E-state index in [2.05, 4.69) is 4.98 Å². The Kier molecular flexibility index (Phi) is 2.97. The van der Waals surface area contributed by atoms with Crippen LogP contribution in [0.1, 0.15) is 22.3 Å². The van der Waals surface area contributed by atoms with Gasteiger partial charge in [0, 0.05) is 0 Å². The van der Waals surface area contributed by atoms with Crippen LogP contribution in [0.4, 0.5) is 14.6 Å². The third-order valence-corrected chi connectivity index (χ3v) is 1.73. The largest absolute Gasteiger partial charge is 0.501 e. The minimum absolute atomic E-state index is 0.529. The molecule has 0 fully saturated rings. The van der Waals surface area contributed by atoms with Gasteiger partial charge in [0.25, 0.3) is 12.3 Å². The van der Waals surface area contributed by atoms with Gasteiger partial charge in [-0.1, -0.05) is 0 Å². The van der Waals surface area contributed by atoms with Crippen LogP contribution in [-0.2, 0) is 0 Å². The van der Waals surface area contributed by atoms with E-state index in [4.69, 9.17) is 10.8 Å². The molecule has 1 aromatic heterocycles. The SMILES string of the molecule is NC(=O)c1cnc([N+](=O)[O-])c(O)c1C(F)F. The minimum atomic E-state index is -3.27. The van der Waals surface area contributed by atoms with Gasteiger partial charge in [0.15, 0.2) is 6.20 Å². The molecule has 1 amide bonds. The van der Waals surface area contributed by atoms with E-state index in [1.807, 2.05) is 0 Å². The van der Waals surface area contributed by atoms with E-state index in [0.717, 1.165) is 0 Å². The summed E-state index contributed by atoms with van der Waals surface area (Å²) in [6, 6.07) is 0. The van der Waals surface area contributed by atoms with Crippen LogP contribution in [0, 0.1) is 10.1 Å². The summed E-state index contributed by atoms with van der Waals surface area (Å²) in [7, 11) is 0. The van der Waals surface area contributed by atoms with Gasteiger partial charge in [-0.15, -0.1) is 0 Å². The van der Waals surface area contributed by atoms with Crippen molar-refractivity contribution in [2.24, 2.45) is 5.73 Å². The Morgan fingerprint density at radius 3 is 2.56 bits per heavy atom. The lowest BCUT2D eigenvalue weighted by Gasteiger charge is -2.06. The van der Waals surface area contributed by atoms with Crippen molar-refractivity contribution in [2.45, 2.75) is 6.43 Å². The first-order chi connectivity index (χ1) is 7.36. The van der Waals surface area contributed by atoms with Crippen molar-refractivity contribution in [1.82, 2.24) is 4.98 Å². The van der Waals surface area contributed by atoms with Gasteiger partial charge in [-0.2, -0.15) is 0 Å². The quantitative estimate of drug-likeness (QED) is 0.589. The first kappa shape index (κ1) is 11.8. The summed E-state index contributed by atoms with van der Waals surface area (Å²) in [5.41, 5.74) is 2.82. The maximum absolute atomic E-state index is 12.5. The standard InChI is InChI=1S/C7H5F2N3O4/c8-5(9)3-2(6(10)14)1-11-7(4(3)13)12(15)16/h1,5,13H,(H2,10,14). The molecule has 0 atom stereocenters. The van der Waals surface area contributed by atoms with Crippen molar-refractivity contribution < 1.29 is 23.6 Å². The highest BCUT2D eigenvalue weighted by Crippen LogP contribution is 2.36. The number of rotatable bonds is 3. The maximum Gasteiger partial charge on any atom is 0.406 e. The molecule has 0 bridgehead atoms. The summed E-state index contributed by atoms with van der Waals surface area (Å²) in [6.07, 6.45) is -2.74. The molecule has 0 radical (unpaired) electrons. The number of primary amides is 1. The number of alkyl halides is 2. The van der Waals surface area contributed by atoms with E-state index >= 15 is 0 Å². The Labute approximate surface area is 86.7 Å². The molecule has 0 spiro atoms. The number of amides is 1. The Morgan fingerprint density at radius 2 is 2.19 bits per heavy atom. The Balaban J connectivity index is 3.54. The summed E-state index contributed by atoms with van der Waals surface area (Å²) < 4.78 is 24.9. The van der Waals surface area contributed by atoms with Crippen LogP contribution in [0.3, 0.4) is 0 Å². The molecule has 0 aromatic carbocycles. The predicted molar refractivity (Wildman–Crippen MR) is 46.0 cm³/mol. The van der Waals surface area contributed by atoms with Gasteiger partial charge in [0.2, 0.25) is 5.75 Å². The van der Waals surface area contributed by atoms with Crippen molar-refractivity contribution >= 4 is 11.7 Å². The molecule has 1 aromatic rings. The van der Waals surface area contributed by atoms with E-state index in [1.165, 1.54) is 0 Å². The highest BCUT2D eigenvalue weighted by molar-refractivity contribution is 5.95. The van der Waals surface area contributed by atoms with Gasteiger partial charge in [-0.3, -0.25) is 4.79 Å². The zero-order valence-electron chi connectivity index (χ0n) is 7.55. The Bertz CT molecular complexity index is 463. The number of carbonyl (C=O) groups is 1. The number of nitrogens with zero attached hydrogens (tertiary/aromatic N) is 2. The topological polar surface area (TPSA) is 119 Å². The number of carbonyl (C=O) groups excluding carboxylic acids is 1. The van der Waals surface area contributed by atoms with Crippen molar-refractivity contribution in [2.75, 3.05) is 0 Å². The first-order valence-corrected chi connectivity index (χ1v) is 3.80. The lowest BCUT2D eigenvalue weighted by Crippen LogP contribution is -2.15. The van der Waals surface area contributed by atoms with Crippen LogP contribution >= 0.6 is 0 Å². The molecule has 0 aliphatic rings. The third-order valence-electron chi connectivity index (χ3n) is 1.73. The zero-order valence-corrected chi connectivity index (χ0v) is 7.55. The summed E-state index contributed by atoms with van der Waals surface area (Å²) in [6.45, 7) is 0. The van der Waals surface area contributed by atoms with Gasteiger partial charge in [-0.25, -0.2) is 8.78 Å². The van der Waals surface area contributed by atoms with Crippen molar-refractivity contribution in [1.29, 1.82) is 0 Å². The molecule has 1 heterocycles. The van der Waals surface area contributed by atoms with Crippen LogP contribution in [0.25, 0.3) is 0 Å². The molecule has 7 nitrogen and oxygen atoms in total. The summed E-state index contributed by atoms with van der Waals surface area (Å²) in [5, 5.41) is 19.5. The van der Waals surface area contributed by atoms with Gasteiger partial charge >= 0.3 is 5.82 Å². The smallest absolute Gasteiger partial charge is 0.406 e. The van der Waals surface area contributed by atoms with Gasteiger partial charge < -0.3 is 21.0 Å². The van der Waals surface area contributed by atoms with Gasteiger partial charge in [-0.05, 0) is 9.91 Å². The lowest BCUT2D eigenvalue weighted by atomic mass is 10.1. The summed E-state index contributed by atoms with van der Waals surface area (Å²) in [5.74, 6) is -3.76. The van der Waals surface area contributed by atoms with Crippen molar-refractivity contribution in [3.63, 3.8) is 0 Å². The highest BCUT2D eigenvalue weighted by atomic mass is 19.3. The van der Waals surface area contributed by atoms with E-state index in [-0.39, 0.29) is 0 Å². The number of halogens is 2. The fourth-order valence-corrected chi connectivity index (χ4v) is 1.06. The molecular formula is C7H5F2N3O4. The maximum atomic E-state index is 12.5. The van der Waals surface area contributed by atoms with Crippen LogP contribution in [0.2, 0.25) is 0 Å². The van der Waals surface area contributed by atoms with Crippen LogP contribution < -0.4 is 5.73 Å². The molecule has 0 unspecified atom stereocenters. The number of hydrogen-bond acceptors (Lipinski definition) is 5. The number of aromatic hydroxyl groups is 1. The van der Waals surface area contributed by atoms with E-state index in [0.29, 0.717) is 6.20 Å². The molecule has 16 heavy (non-hydrogen) atoms. The normalized spacial score (nSPS) is 10.4. The lowest BCUT2D eigenvalue weighted by molar-refractivity contribution is -0.390. The van der Waals surface area contributed by atoms with E-state index < -0.39 is 40.0 Å². The molecule has 86 valence electrons. The third kappa shape index (κ3) is 1.87. The molecule has 0 saturated heterocycles. The van der Waals surface area contributed by atoms with Crippen LogP contribution in [0.5, 0.6) is 5.75 Å². The molecule has 0 aliphatic carbocycles. The fraction of sp³-hybridized carbons (Fsp3) is 0.143. The van der Waals surface area contributed by atoms with Crippen molar-refractivity contribution in [3.8, 4) is 5.75 Å². The van der Waals surface area contributed by atoms with E-state index in [1.54, 1.807) is 0 Å². The highest BCUT2D eigenvalue weighted by Gasteiger charge is 2.30. The number of nitro groups is 1. The van der Waals surface area contributed by atoms with E-state index in [9.17, 15) is 23.7 Å². The summed E-state index contributed by atoms with van der Waals surface area (Å²) >= 11 is 0. The Morgan fingerprint density at radius 1 is 1.62 bits per heavy atom. The average Bonchev–Trinajstić information content (AvgIpc) is 2.15. The van der Waals surface area contributed by atoms with Gasteiger partial charge in [0.1, 0.15) is 0 Å². The van der Waals surface area contributed by atoms with Crippen molar-refractivity contribution in [3.05, 3.63) is 27.4 Å². The molecule has 9 heteroatoms. The Hall–Kier alpha value is -2.32. The van der Waals surface area contributed by atoms with Crippen LogP contribution in [-0.4, -0.2) is 20.9 Å². The second-order valence-corrected chi connectivity index (χ2v) is 2.68. The minimum Gasteiger partial charge on any atom is -0.501 e. The first-order valence-electron chi connectivity index (χ1n) is 3.80. The number of hydrogen-bond donors (Lipinski definition) is 2. The zero-order chi connectivity index (χ0) is 12.5. The fourth-order valence-electron chi connectivity index (χ4n) is 1.06. The number of pyridine rings is 1. The average molecular weight is 233 g/mol. The molecular weight excluding hydrogens is 228 g/mol.